The van der Waals surface area contributed by atoms with Gasteiger partial charge in [0.1, 0.15) is 0 Å². The fourth-order valence-electron chi connectivity index (χ4n) is 3.59. The SMILES string of the molecule is CCN(C(=O)CN(Cc1ccccc1)c1ccccc1)C1CCS(=O)(=O)C1. The molecule has 1 aliphatic heterocycles. The van der Waals surface area contributed by atoms with Gasteiger partial charge < -0.3 is 9.80 Å². The van der Waals surface area contributed by atoms with E-state index in [0.717, 1.165) is 11.3 Å². The van der Waals surface area contributed by atoms with Gasteiger partial charge in [0.05, 0.1) is 18.1 Å². The van der Waals surface area contributed by atoms with Crippen molar-refractivity contribution < 1.29 is 13.2 Å². The van der Waals surface area contributed by atoms with Gasteiger partial charge in [-0.25, -0.2) is 8.42 Å². The minimum atomic E-state index is -3.02. The summed E-state index contributed by atoms with van der Waals surface area (Å²) in [6, 6.07) is 19.7. The standard InChI is InChI=1S/C21H26N2O3S/c1-2-23(20-13-14-27(25,26)17-20)21(24)16-22(19-11-7-4-8-12-19)15-18-9-5-3-6-10-18/h3-12,20H,2,13-17H2,1H3. The Morgan fingerprint density at radius 3 is 2.22 bits per heavy atom. The quantitative estimate of drug-likeness (QED) is 0.734. The molecule has 1 atom stereocenters. The lowest BCUT2D eigenvalue weighted by molar-refractivity contribution is -0.131. The number of anilines is 1. The van der Waals surface area contributed by atoms with E-state index >= 15 is 0 Å². The average Bonchev–Trinajstić information content (AvgIpc) is 3.03. The van der Waals surface area contributed by atoms with Crippen molar-refractivity contribution in [1.82, 2.24) is 4.90 Å². The smallest absolute Gasteiger partial charge is 0.242 e. The van der Waals surface area contributed by atoms with Crippen LogP contribution in [0.4, 0.5) is 5.69 Å². The number of hydrogen-bond donors (Lipinski definition) is 0. The summed E-state index contributed by atoms with van der Waals surface area (Å²) in [5, 5.41) is 0. The van der Waals surface area contributed by atoms with Gasteiger partial charge in [-0.15, -0.1) is 0 Å². The summed E-state index contributed by atoms with van der Waals surface area (Å²) in [5.41, 5.74) is 2.10. The van der Waals surface area contributed by atoms with Gasteiger partial charge in [0, 0.05) is 24.8 Å². The third-order valence-corrected chi connectivity index (χ3v) is 6.72. The maximum absolute atomic E-state index is 13.0. The van der Waals surface area contributed by atoms with Gasteiger partial charge in [0.15, 0.2) is 9.84 Å². The van der Waals surface area contributed by atoms with Crippen molar-refractivity contribution in [3.05, 3.63) is 66.2 Å². The lowest BCUT2D eigenvalue weighted by atomic mass is 10.1. The van der Waals surface area contributed by atoms with Crippen molar-refractivity contribution in [2.45, 2.75) is 25.9 Å². The normalized spacial score (nSPS) is 18.2. The van der Waals surface area contributed by atoms with Crippen LogP contribution in [-0.4, -0.2) is 49.9 Å². The number of para-hydroxylation sites is 1. The molecule has 5 nitrogen and oxygen atoms in total. The van der Waals surface area contributed by atoms with Crippen molar-refractivity contribution >= 4 is 21.4 Å². The summed E-state index contributed by atoms with van der Waals surface area (Å²) >= 11 is 0. The molecule has 3 rings (SSSR count). The second kappa shape index (κ2) is 8.57. The second-order valence-corrected chi connectivity index (χ2v) is 9.14. The number of amides is 1. The van der Waals surface area contributed by atoms with Gasteiger partial charge in [-0.2, -0.15) is 0 Å². The predicted octanol–water partition coefficient (Wildman–Crippen LogP) is 2.73. The van der Waals surface area contributed by atoms with Gasteiger partial charge in [-0.1, -0.05) is 48.5 Å². The highest BCUT2D eigenvalue weighted by Crippen LogP contribution is 2.20. The Labute approximate surface area is 161 Å². The first-order chi connectivity index (χ1) is 13.0. The Morgan fingerprint density at radius 2 is 1.67 bits per heavy atom. The van der Waals surface area contributed by atoms with Crippen LogP contribution < -0.4 is 4.90 Å². The van der Waals surface area contributed by atoms with E-state index in [1.165, 1.54) is 0 Å². The van der Waals surface area contributed by atoms with Crippen molar-refractivity contribution in [3.8, 4) is 0 Å². The molecule has 0 aliphatic carbocycles. The Bertz CT molecular complexity index is 854. The topological polar surface area (TPSA) is 57.7 Å². The molecule has 1 saturated heterocycles. The average molecular weight is 387 g/mol. The molecule has 144 valence electrons. The number of nitrogens with zero attached hydrogens (tertiary/aromatic N) is 2. The zero-order valence-corrected chi connectivity index (χ0v) is 16.4. The molecule has 0 N–H and O–H groups in total. The van der Waals surface area contributed by atoms with Gasteiger partial charge in [-0.05, 0) is 31.0 Å². The van der Waals surface area contributed by atoms with E-state index < -0.39 is 9.84 Å². The molecule has 0 aromatic heterocycles. The molecule has 27 heavy (non-hydrogen) atoms. The highest BCUT2D eigenvalue weighted by molar-refractivity contribution is 7.91. The Kier molecular flexibility index (Phi) is 6.16. The Hall–Kier alpha value is -2.34. The summed E-state index contributed by atoms with van der Waals surface area (Å²) in [4.78, 5) is 16.8. The first kappa shape index (κ1) is 19.4. The number of rotatable bonds is 7. The summed E-state index contributed by atoms with van der Waals surface area (Å²) < 4.78 is 23.6. The van der Waals surface area contributed by atoms with Crippen LogP contribution in [0.1, 0.15) is 18.9 Å². The maximum atomic E-state index is 13.0. The first-order valence-electron chi connectivity index (χ1n) is 9.32. The highest BCUT2D eigenvalue weighted by atomic mass is 32.2. The van der Waals surface area contributed by atoms with E-state index in [1.807, 2.05) is 72.5 Å². The van der Waals surface area contributed by atoms with Crippen LogP contribution in [0.5, 0.6) is 0 Å². The number of likely N-dealkylation sites (N-methyl/N-ethyl adjacent to an activating group) is 1. The Balaban J connectivity index is 1.77. The molecule has 1 fully saturated rings. The van der Waals surface area contributed by atoms with Crippen LogP contribution in [-0.2, 0) is 21.2 Å². The van der Waals surface area contributed by atoms with Gasteiger partial charge in [0.2, 0.25) is 5.91 Å². The third-order valence-electron chi connectivity index (χ3n) is 4.97. The number of sulfone groups is 1. The lowest BCUT2D eigenvalue weighted by Gasteiger charge is -2.31. The van der Waals surface area contributed by atoms with E-state index in [2.05, 4.69) is 0 Å². The number of carbonyl (C=O) groups excluding carboxylic acids is 1. The molecule has 0 saturated carbocycles. The fourth-order valence-corrected chi connectivity index (χ4v) is 5.33. The van der Waals surface area contributed by atoms with Gasteiger partial charge in [0.25, 0.3) is 0 Å². The van der Waals surface area contributed by atoms with Crippen molar-refractivity contribution in [1.29, 1.82) is 0 Å². The fraction of sp³-hybridized carbons (Fsp3) is 0.381. The largest absolute Gasteiger partial charge is 0.358 e. The number of hydrogen-bond acceptors (Lipinski definition) is 4. The van der Waals surface area contributed by atoms with E-state index in [9.17, 15) is 13.2 Å². The van der Waals surface area contributed by atoms with Crippen molar-refractivity contribution in [2.75, 3.05) is 29.5 Å². The monoisotopic (exact) mass is 386 g/mol. The van der Waals surface area contributed by atoms with E-state index in [0.29, 0.717) is 19.5 Å². The molecule has 2 aromatic carbocycles. The molecule has 1 amide bonds. The van der Waals surface area contributed by atoms with Crippen LogP contribution in [0.3, 0.4) is 0 Å². The molecule has 6 heteroatoms. The number of benzene rings is 2. The van der Waals surface area contributed by atoms with Crippen LogP contribution in [0, 0.1) is 0 Å². The van der Waals surface area contributed by atoms with E-state index in [4.69, 9.17) is 0 Å². The molecule has 0 radical (unpaired) electrons. The molecule has 2 aromatic rings. The predicted molar refractivity (Wildman–Crippen MR) is 108 cm³/mol. The highest BCUT2D eigenvalue weighted by Gasteiger charge is 2.34. The summed E-state index contributed by atoms with van der Waals surface area (Å²) in [7, 11) is -3.02. The molecule has 0 bridgehead atoms. The second-order valence-electron chi connectivity index (χ2n) is 6.91. The maximum Gasteiger partial charge on any atom is 0.242 e. The van der Waals surface area contributed by atoms with Crippen LogP contribution in [0.2, 0.25) is 0 Å². The minimum Gasteiger partial charge on any atom is -0.358 e. The van der Waals surface area contributed by atoms with Gasteiger partial charge in [-0.3, -0.25) is 4.79 Å². The van der Waals surface area contributed by atoms with Crippen molar-refractivity contribution in [3.63, 3.8) is 0 Å². The minimum absolute atomic E-state index is 0.0283. The van der Waals surface area contributed by atoms with Crippen molar-refractivity contribution in [2.24, 2.45) is 0 Å². The summed E-state index contributed by atoms with van der Waals surface area (Å²) in [6.07, 6.45) is 0.534. The Morgan fingerprint density at radius 1 is 1.04 bits per heavy atom. The van der Waals surface area contributed by atoms with Crippen LogP contribution in [0.15, 0.2) is 60.7 Å². The third kappa shape index (κ3) is 5.10. The molecular weight excluding hydrogens is 360 g/mol. The zero-order chi connectivity index (χ0) is 19.3. The summed E-state index contributed by atoms with van der Waals surface area (Å²) in [6.45, 7) is 3.28. The molecule has 1 unspecified atom stereocenters. The summed E-state index contributed by atoms with van der Waals surface area (Å²) in [5.74, 6) is 0.226. The number of carbonyl (C=O) groups is 1. The molecular formula is C21H26N2O3S. The van der Waals surface area contributed by atoms with Gasteiger partial charge >= 0.3 is 0 Å². The molecule has 1 heterocycles. The van der Waals surface area contributed by atoms with E-state index in [1.54, 1.807) is 4.90 Å². The first-order valence-corrected chi connectivity index (χ1v) is 11.1. The lowest BCUT2D eigenvalue weighted by Crippen LogP contribution is -2.46. The van der Waals surface area contributed by atoms with Crippen LogP contribution in [0.25, 0.3) is 0 Å². The van der Waals surface area contributed by atoms with E-state index in [-0.39, 0.29) is 30.0 Å². The molecule has 0 spiro atoms. The zero-order valence-electron chi connectivity index (χ0n) is 15.6. The van der Waals surface area contributed by atoms with Crippen LogP contribution >= 0.6 is 0 Å². The molecule has 1 aliphatic rings.